The van der Waals surface area contributed by atoms with Crippen LogP contribution in [0.4, 0.5) is 5.82 Å². The normalized spacial score (nSPS) is 15.1. The number of ether oxygens (including phenoxy) is 3. The molecule has 15 heteroatoms. The van der Waals surface area contributed by atoms with Crippen molar-refractivity contribution in [2.24, 2.45) is 0 Å². The molecule has 1 aromatic carbocycles. The number of rotatable bonds is 14. The molecule has 2 unspecified atom stereocenters. The van der Waals surface area contributed by atoms with E-state index in [2.05, 4.69) is 48.8 Å². The molecule has 2 atom stereocenters. The number of nitrogens with zero attached hydrogens (tertiary/aromatic N) is 5. The van der Waals surface area contributed by atoms with Gasteiger partial charge in [0.25, 0.3) is 11.8 Å². The molecule has 0 aliphatic carbocycles. The number of benzene rings is 1. The first-order valence-corrected chi connectivity index (χ1v) is 17.5. The zero-order valence-corrected chi connectivity index (χ0v) is 26.9. The van der Waals surface area contributed by atoms with Crippen LogP contribution in [0, 0.1) is 0 Å². The molecular weight excluding hydrogens is 581 g/mol. The van der Waals surface area contributed by atoms with Crippen molar-refractivity contribution < 1.29 is 37.6 Å². The summed E-state index contributed by atoms with van der Waals surface area (Å²) in [5.74, 6) is -0.921. The van der Waals surface area contributed by atoms with Crippen LogP contribution in [-0.2, 0) is 23.2 Å². The summed E-state index contributed by atoms with van der Waals surface area (Å²) in [4.78, 5) is 46.0. The van der Waals surface area contributed by atoms with E-state index < -0.39 is 40.4 Å². The van der Waals surface area contributed by atoms with Crippen LogP contribution >= 0.6 is 8.46 Å². The average molecular weight is 619 g/mol. The number of amides is 2. The van der Waals surface area contributed by atoms with Crippen molar-refractivity contribution in [1.82, 2.24) is 19.7 Å². The molecule has 0 saturated carbocycles. The third kappa shape index (κ3) is 6.29. The highest BCUT2D eigenvalue weighted by molar-refractivity contribution is 7.25. The smallest absolute Gasteiger partial charge is 0.408 e. The molecule has 0 N–H and O–H groups in total. The lowest BCUT2D eigenvalue weighted by molar-refractivity contribution is -0.323. The third-order valence-electron chi connectivity index (χ3n) is 7.21. The zero-order chi connectivity index (χ0) is 30.7. The van der Waals surface area contributed by atoms with Crippen molar-refractivity contribution in [2.45, 2.75) is 64.6 Å². The van der Waals surface area contributed by atoms with E-state index in [9.17, 15) is 14.2 Å². The van der Waals surface area contributed by atoms with Crippen LogP contribution in [0.25, 0.3) is 11.2 Å². The number of hydrogen-bond acceptors (Lipinski definition) is 11. The van der Waals surface area contributed by atoms with Crippen LogP contribution in [0.5, 0.6) is 0 Å². The lowest BCUT2D eigenvalue weighted by Crippen LogP contribution is -2.48. The predicted molar refractivity (Wildman–Crippen MR) is 157 cm³/mol. The van der Waals surface area contributed by atoms with E-state index in [0.717, 1.165) is 4.90 Å². The van der Waals surface area contributed by atoms with Crippen LogP contribution in [0.2, 0.25) is 18.1 Å². The first-order valence-electron chi connectivity index (χ1n) is 13.7. The Bertz CT molecular complexity index is 1420. The Morgan fingerprint density at radius 3 is 2.10 bits per heavy atom. The van der Waals surface area contributed by atoms with Crippen LogP contribution in [0.1, 0.15) is 55.3 Å². The molecular formula is C27H37N5O8PSi+. The summed E-state index contributed by atoms with van der Waals surface area (Å²) < 4.78 is 37.0. The maximum atomic E-state index is 13.1. The Morgan fingerprint density at radius 2 is 1.55 bits per heavy atom. The number of carbonyl (C=O) groups excluding carboxylic acids is 2. The molecule has 3 heterocycles. The summed E-state index contributed by atoms with van der Waals surface area (Å²) in [6, 6.07) is 6.59. The van der Waals surface area contributed by atoms with E-state index in [-0.39, 0.29) is 48.4 Å². The van der Waals surface area contributed by atoms with Crippen LogP contribution in [0.15, 0.2) is 36.9 Å². The lowest BCUT2D eigenvalue weighted by atomic mass is 10.1. The fraction of sp³-hybridized carbons (Fsp3) is 0.519. The van der Waals surface area contributed by atoms with E-state index >= 15 is 0 Å². The standard InChI is InChI=1S/C27H36N5O8PSi/c1-8-36-27(41-35,37-9-2)38-14-18(40-42(6,7)26(3,4)5)15-39-31-17-30-21-22(31)28-16-29-23(21)32-24(33)19-12-10-11-13-20(19)25(32)34/h10-13,16-18H,8-9,14-15H2,1-7H3/p+1. The van der Waals surface area contributed by atoms with Crippen LogP contribution in [-0.4, -0.2) is 78.1 Å². The van der Waals surface area contributed by atoms with E-state index in [4.69, 9.17) is 23.5 Å². The summed E-state index contributed by atoms with van der Waals surface area (Å²) >= 11 is 0. The minimum atomic E-state index is -2.31. The Morgan fingerprint density at radius 1 is 0.929 bits per heavy atom. The van der Waals surface area contributed by atoms with Crippen molar-refractivity contribution in [3.8, 4) is 0 Å². The van der Waals surface area contributed by atoms with Crippen molar-refractivity contribution in [3.05, 3.63) is 48.0 Å². The molecule has 1 aliphatic rings. The van der Waals surface area contributed by atoms with E-state index in [1.165, 1.54) is 17.4 Å². The van der Waals surface area contributed by atoms with E-state index in [1.807, 2.05) is 0 Å². The van der Waals surface area contributed by atoms with Crippen molar-refractivity contribution >= 4 is 45.6 Å². The highest BCUT2D eigenvalue weighted by atomic mass is 31.1. The summed E-state index contributed by atoms with van der Waals surface area (Å²) in [6.07, 6.45) is 2.01. The highest BCUT2D eigenvalue weighted by Crippen LogP contribution is 2.38. The fourth-order valence-electron chi connectivity index (χ4n) is 4.11. The molecule has 1 aliphatic heterocycles. The molecule has 3 aromatic rings. The molecule has 4 rings (SSSR count). The number of imide groups is 1. The molecule has 0 saturated heterocycles. The molecule has 2 amide bonds. The monoisotopic (exact) mass is 618 g/mol. The quantitative estimate of drug-likeness (QED) is 0.111. The molecule has 0 spiro atoms. The first-order chi connectivity index (χ1) is 19.9. The lowest BCUT2D eigenvalue weighted by Gasteiger charge is -2.39. The summed E-state index contributed by atoms with van der Waals surface area (Å²) in [5, 5.41) is -0.112. The van der Waals surface area contributed by atoms with Gasteiger partial charge in [0.2, 0.25) is 5.65 Å². The van der Waals surface area contributed by atoms with Gasteiger partial charge in [-0.1, -0.05) is 37.5 Å². The minimum absolute atomic E-state index is 0.000616. The predicted octanol–water partition coefficient (Wildman–Crippen LogP) is 4.17. The van der Waals surface area contributed by atoms with Gasteiger partial charge in [0.1, 0.15) is 25.4 Å². The van der Waals surface area contributed by atoms with Gasteiger partial charge in [-0.05, 0) is 44.1 Å². The number of anilines is 1. The Hall–Kier alpha value is -3.13. The maximum Gasteiger partial charge on any atom is 0.496 e. The van der Waals surface area contributed by atoms with Crippen LogP contribution in [0.3, 0.4) is 0 Å². The second-order valence-electron chi connectivity index (χ2n) is 11.1. The Balaban J connectivity index is 1.58. The zero-order valence-electron chi connectivity index (χ0n) is 24.9. The van der Waals surface area contributed by atoms with Crippen molar-refractivity contribution in [1.29, 1.82) is 0 Å². The molecule has 0 bridgehead atoms. The molecule has 226 valence electrons. The van der Waals surface area contributed by atoms with Gasteiger partial charge in [0.05, 0.1) is 30.9 Å². The second-order valence-corrected chi connectivity index (χ2v) is 16.6. The minimum Gasteiger partial charge on any atom is -0.408 e. The Kier molecular flexibility index (Phi) is 9.55. The summed E-state index contributed by atoms with van der Waals surface area (Å²) in [5.41, 5.74) is -0.657. The van der Waals surface area contributed by atoms with Crippen molar-refractivity contribution in [2.75, 3.05) is 31.3 Å². The number of imidazole rings is 1. The number of aromatic nitrogens is 4. The van der Waals surface area contributed by atoms with E-state index in [1.54, 1.807) is 38.1 Å². The van der Waals surface area contributed by atoms with Gasteiger partial charge in [0, 0.05) is 0 Å². The van der Waals surface area contributed by atoms with Gasteiger partial charge in [-0.15, -0.1) is 0 Å². The Labute approximate surface area is 246 Å². The van der Waals surface area contributed by atoms with Crippen molar-refractivity contribution in [3.63, 3.8) is 0 Å². The van der Waals surface area contributed by atoms with Gasteiger partial charge in [-0.25, -0.2) is 19.9 Å². The van der Waals surface area contributed by atoms with Gasteiger partial charge in [0.15, 0.2) is 19.7 Å². The van der Waals surface area contributed by atoms with Gasteiger partial charge < -0.3 is 9.26 Å². The first kappa shape index (κ1) is 31.8. The SMILES string of the molecule is CCOC(OCC)(OCC(COn1cnc2c(N3C(=O)c4ccccc4C3=O)ncnc21)O[Si](C)(C)C(C)(C)C)[PH+]=O. The van der Waals surface area contributed by atoms with Gasteiger partial charge in [-0.3, -0.25) is 23.8 Å². The molecule has 0 radical (unpaired) electrons. The molecule has 0 fully saturated rings. The fourth-order valence-corrected chi connectivity index (χ4v) is 5.98. The maximum absolute atomic E-state index is 13.1. The third-order valence-corrected chi connectivity index (χ3v) is 12.4. The molecule has 42 heavy (non-hydrogen) atoms. The van der Waals surface area contributed by atoms with Crippen LogP contribution < -0.4 is 9.74 Å². The van der Waals surface area contributed by atoms with Gasteiger partial charge in [-0.2, -0.15) is 4.73 Å². The largest absolute Gasteiger partial charge is 0.496 e. The summed E-state index contributed by atoms with van der Waals surface area (Å²) in [7, 11) is -3.34. The molecule has 13 nitrogen and oxygen atoms in total. The number of fused-ring (bicyclic) bond motifs is 2. The number of carbonyl (C=O) groups is 2. The average Bonchev–Trinajstić information content (AvgIpc) is 3.48. The number of hydrogen-bond donors (Lipinski definition) is 0. The summed E-state index contributed by atoms with van der Waals surface area (Å²) in [6.45, 7) is 14.5. The van der Waals surface area contributed by atoms with E-state index in [0.29, 0.717) is 11.1 Å². The highest BCUT2D eigenvalue weighted by Gasteiger charge is 2.46. The topological polar surface area (TPSA) is 144 Å². The van der Waals surface area contributed by atoms with Gasteiger partial charge >= 0.3 is 14.2 Å². The second kappa shape index (κ2) is 12.6. The molecule has 2 aromatic heterocycles.